The van der Waals surface area contributed by atoms with Gasteiger partial charge in [0.05, 0.1) is 12.2 Å². The van der Waals surface area contributed by atoms with Gasteiger partial charge in [-0.3, -0.25) is 10.1 Å². The molecule has 4 nitrogen and oxygen atoms in total. The molecule has 0 aliphatic heterocycles. The minimum absolute atomic E-state index is 0.247. The van der Waals surface area contributed by atoms with Crippen molar-refractivity contribution in [3.8, 4) is 5.75 Å². The number of amides is 1. The average Bonchev–Trinajstić information content (AvgIpc) is 2.60. The highest BCUT2D eigenvalue weighted by atomic mass is 79.9. The van der Waals surface area contributed by atoms with Crippen molar-refractivity contribution >= 4 is 39.2 Å². The molecule has 0 bridgehead atoms. The first kappa shape index (κ1) is 22.2. The lowest BCUT2D eigenvalue weighted by molar-refractivity contribution is 0.0972. The molecule has 0 atom stereocenters. The van der Waals surface area contributed by atoms with E-state index in [9.17, 15) is 4.79 Å². The van der Waals surface area contributed by atoms with Crippen LogP contribution in [0.25, 0.3) is 0 Å². The Morgan fingerprint density at radius 3 is 2.52 bits per heavy atom. The van der Waals surface area contributed by atoms with Crippen LogP contribution < -0.4 is 15.4 Å². The van der Waals surface area contributed by atoms with Gasteiger partial charge in [0.1, 0.15) is 5.75 Å². The third kappa shape index (κ3) is 6.75. The molecular formula is C21H31BrN2O2S. The maximum Gasteiger partial charge on any atom is 0.261 e. The summed E-state index contributed by atoms with van der Waals surface area (Å²) in [4.78, 5) is 12.7. The van der Waals surface area contributed by atoms with Crippen molar-refractivity contribution in [1.82, 2.24) is 10.6 Å². The minimum Gasteiger partial charge on any atom is -0.493 e. The van der Waals surface area contributed by atoms with Gasteiger partial charge in [0.25, 0.3) is 5.91 Å². The van der Waals surface area contributed by atoms with Crippen molar-refractivity contribution in [2.45, 2.75) is 65.8 Å². The third-order valence-corrected chi connectivity index (χ3v) is 5.88. The van der Waals surface area contributed by atoms with E-state index in [2.05, 4.69) is 47.3 Å². The molecule has 0 heterocycles. The van der Waals surface area contributed by atoms with Gasteiger partial charge in [-0.15, -0.1) is 0 Å². The molecule has 1 fully saturated rings. The summed E-state index contributed by atoms with van der Waals surface area (Å²) >= 11 is 8.80. The Morgan fingerprint density at radius 1 is 1.26 bits per heavy atom. The first-order valence-corrected chi connectivity index (χ1v) is 10.9. The Kier molecular flexibility index (Phi) is 8.10. The zero-order valence-corrected chi connectivity index (χ0v) is 19.1. The Labute approximate surface area is 177 Å². The number of thiocarbonyl (C=S) groups is 1. The number of benzene rings is 1. The van der Waals surface area contributed by atoms with Crippen LogP contribution in [0.2, 0.25) is 0 Å². The van der Waals surface area contributed by atoms with Gasteiger partial charge in [0, 0.05) is 10.5 Å². The number of ether oxygens (including phenoxy) is 1. The zero-order valence-electron chi connectivity index (χ0n) is 16.7. The summed E-state index contributed by atoms with van der Waals surface area (Å²) in [5, 5.41) is 6.51. The van der Waals surface area contributed by atoms with Crippen LogP contribution in [0.1, 0.15) is 70.2 Å². The molecule has 2 N–H and O–H groups in total. The number of halogens is 1. The van der Waals surface area contributed by atoms with Crippen molar-refractivity contribution in [3.63, 3.8) is 0 Å². The normalized spacial score (nSPS) is 20.0. The van der Waals surface area contributed by atoms with Gasteiger partial charge in [-0.25, -0.2) is 0 Å². The SMILES string of the molecule is CCCOc1ccc(Br)cc1C(=O)NC(=S)NC1CCC(C(C)(C)C)CC1. The van der Waals surface area contributed by atoms with Gasteiger partial charge >= 0.3 is 0 Å². The minimum atomic E-state index is -0.247. The van der Waals surface area contributed by atoms with E-state index >= 15 is 0 Å². The second kappa shape index (κ2) is 9.87. The van der Waals surface area contributed by atoms with Crippen LogP contribution in [0, 0.1) is 11.3 Å². The second-order valence-electron chi connectivity index (χ2n) is 8.33. The Morgan fingerprint density at radius 2 is 1.93 bits per heavy atom. The molecule has 1 aromatic carbocycles. The first-order valence-electron chi connectivity index (χ1n) is 9.75. The van der Waals surface area contributed by atoms with Crippen LogP contribution in [0.5, 0.6) is 5.75 Å². The fourth-order valence-electron chi connectivity index (χ4n) is 3.51. The van der Waals surface area contributed by atoms with E-state index in [0.717, 1.165) is 29.7 Å². The molecule has 1 aliphatic carbocycles. The van der Waals surface area contributed by atoms with Crippen molar-refractivity contribution < 1.29 is 9.53 Å². The number of hydrogen-bond acceptors (Lipinski definition) is 3. The fourth-order valence-corrected chi connectivity index (χ4v) is 4.13. The summed E-state index contributed by atoms with van der Waals surface area (Å²) < 4.78 is 6.52. The standard InChI is InChI=1S/C21H31BrN2O2S/c1-5-12-26-18-11-8-15(22)13-17(18)19(25)24-20(27)23-16-9-6-14(7-10-16)21(2,3)4/h8,11,13-14,16H,5-7,9-10,12H2,1-4H3,(H2,23,24,25,27). The number of carbonyl (C=O) groups is 1. The molecule has 150 valence electrons. The molecule has 1 aromatic rings. The lowest BCUT2D eigenvalue weighted by atomic mass is 9.71. The maximum absolute atomic E-state index is 12.7. The van der Waals surface area contributed by atoms with Crippen LogP contribution in [-0.2, 0) is 0 Å². The molecule has 27 heavy (non-hydrogen) atoms. The zero-order chi connectivity index (χ0) is 20.0. The van der Waals surface area contributed by atoms with E-state index in [-0.39, 0.29) is 5.91 Å². The smallest absolute Gasteiger partial charge is 0.261 e. The Hall–Kier alpha value is -1.14. The van der Waals surface area contributed by atoms with Gasteiger partial charge < -0.3 is 10.1 Å². The predicted molar refractivity (Wildman–Crippen MR) is 118 cm³/mol. The molecule has 0 spiro atoms. The molecule has 2 rings (SSSR count). The molecule has 0 unspecified atom stereocenters. The largest absolute Gasteiger partial charge is 0.493 e. The average molecular weight is 455 g/mol. The summed E-state index contributed by atoms with van der Waals surface area (Å²) in [6, 6.07) is 5.76. The van der Waals surface area contributed by atoms with E-state index in [1.807, 2.05) is 13.0 Å². The highest BCUT2D eigenvalue weighted by Crippen LogP contribution is 2.37. The number of nitrogens with one attached hydrogen (secondary N) is 2. The summed E-state index contributed by atoms with van der Waals surface area (Å²) in [5.74, 6) is 1.08. The van der Waals surface area contributed by atoms with E-state index < -0.39 is 0 Å². The van der Waals surface area contributed by atoms with Crippen molar-refractivity contribution in [2.75, 3.05) is 6.61 Å². The van der Waals surface area contributed by atoms with Crippen LogP contribution in [-0.4, -0.2) is 23.7 Å². The van der Waals surface area contributed by atoms with Crippen LogP contribution in [0.3, 0.4) is 0 Å². The molecule has 0 radical (unpaired) electrons. The lowest BCUT2D eigenvalue weighted by Crippen LogP contribution is -2.46. The van der Waals surface area contributed by atoms with Gasteiger partial charge in [0.2, 0.25) is 0 Å². The summed E-state index contributed by atoms with van der Waals surface area (Å²) in [5.41, 5.74) is 0.841. The van der Waals surface area contributed by atoms with Gasteiger partial charge in [-0.1, -0.05) is 43.6 Å². The highest BCUT2D eigenvalue weighted by molar-refractivity contribution is 9.10. The van der Waals surface area contributed by atoms with E-state index in [1.165, 1.54) is 12.8 Å². The molecule has 0 aromatic heterocycles. The van der Waals surface area contributed by atoms with Crippen LogP contribution in [0.4, 0.5) is 0 Å². The monoisotopic (exact) mass is 454 g/mol. The van der Waals surface area contributed by atoms with Gasteiger partial charge in [-0.2, -0.15) is 0 Å². The molecule has 0 saturated heterocycles. The van der Waals surface area contributed by atoms with Crippen molar-refractivity contribution in [3.05, 3.63) is 28.2 Å². The fraction of sp³-hybridized carbons (Fsp3) is 0.619. The van der Waals surface area contributed by atoms with E-state index in [1.54, 1.807) is 12.1 Å². The molecule has 1 amide bonds. The van der Waals surface area contributed by atoms with Crippen molar-refractivity contribution in [2.24, 2.45) is 11.3 Å². The quantitative estimate of drug-likeness (QED) is 0.580. The van der Waals surface area contributed by atoms with Gasteiger partial charge in [0.15, 0.2) is 5.11 Å². The Bertz CT molecular complexity index is 665. The Balaban J connectivity index is 1.91. The van der Waals surface area contributed by atoms with Crippen molar-refractivity contribution in [1.29, 1.82) is 0 Å². The molecule has 6 heteroatoms. The topological polar surface area (TPSA) is 50.4 Å². The number of carbonyl (C=O) groups excluding carboxylic acids is 1. The predicted octanol–water partition coefficient (Wildman–Crippen LogP) is 5.45. The number of hydrogen-bond donors (Lipinski definition) is 2. The first-order chi connectivity index (χ1) is 12.7. The summed E-state index contributed by atoms with van der Waals surface area (Å²) in [6.07, 6.45) is 5.43. The summed E-state index contributed by atoms with van der Waals surface area (Å²) in [6.45, 7) is 9.54. The van der Waals surface area contributed by atoms with Crippen LogP contribution >= 0.6 is 28.1 Å². The second-order valence-corrected chi connectivity index (χ2v) is 9.66. The lowest BCUT2D eigenvalue weighted by Gasteiger charge is -2.37. The van der Waals surface area contributed by atoms with Gasteiger partial charge in [-0.05, 0) is 73.9 Å². The number of rotatable bonds is 5. The third-order valence-electron chi connectivity index (χ3n) is 5.16. The molecule has 1 saturated carbocycles. The van der Waals surface area contributed by atoms with Crippen LogP contribution in [0.15, 0.2) is 22.7 Å². The van der Waals surface area contributed by atoms with E-state index in [4.69, 9.17) is 17.0 Å². The van der Waals surface area contributed by atoms with E-state index in [0.29, 0.717) is 34.5 Å². The maximum atomic E-state index is 12.7. The molecular weight excluding hydrogens is 424 g/mol. The molecule has 1 aliphatic rings. The summed E-state index contributed by atoms with van der Waals surface area (Å²) in [7, 11) is 0. The highest BCUT2D eigenvalue weighted by Gasteiger charge is 2.30.